The molecule has 1 aromatic carbocycles. The van der Waals surface area contributed by atoms with Crippen LogP contribution in [0.2, 0.25) is 0 Å². The molecule has 0 bridgehead atoms. The van der Waals surface area contributed by atoms with E-state index in [4.69, 9.17) is 28.4 Å². The molecule has 0 saturated carbocycles. The van der Waals surface area contributed by atoms with Gasteiger partial charge in [0.15, 0.2) is 17.2 Å². The normalized spacial score (nSPS) is 11.4. The highest BCUT2D eigenvalue weighted by molar-refractivity contribution is 5.87. The summed E-state index contributed by atoms with van der Waals surface area (Å²) in [5, 5.41) is 4.78. The predicted molar refractivity (Wildman–Crippen MR) is 122 cm³/mol. The third-order valence-corrected chi connectivity index (χ3v) is 4.29. The molecule has 34 heavy (non-hydrogen) atoms. The minimum absolute atomic E-state index is 0.0369. The molecule has 0 N–H and O–H groups in total. The number of benzene rings is 1. The minimum atomic E-state index is -0.571. The molecule has 0 amide bonds. The maximum absolute atomic E-state index is 12.1. The Hall–Kier alpha value is -3.44. The molecule has 0 radical (unpaired) electrons. The molecule has 0 fully saturated rings. The molecule has 0 aliphatic carbocycles. The molecular weight excluding hydrogens is 444 g/mol. The van der Waals surface area contributed by atoms with Crippen molar-refractivity contribution in [2.24, 2.45) is 0 Å². The number of methoxy groups -OCH3 is 2. The maximum atomic E-state index is 12.1. The van der Waals surface area contributed by atoms with Crippen LogP contribution in [0.15, 0.2) is 30.9 Å². The van der Waals surface area contributed by atoms with E-state index in [0.717, 1.165) is 0 Å². The zero-order chi connectivity index (χ0) is 24.6. The Kier molecular flexibility index (Phi) is 8.61. The third kappa shape index (κ3) is 7.29. The first-order chi connectivity index (χ1) is 16.3. The number of esters is 1. The second-order valence-corrected chi connectivity index (χ2v) is 8.24. The molecule has 11 nitrogen and oxygen atoms in total. The largest absolute Gasteiger partial charge is 0.487 e. The van der Waals surface area contributed by atoms with Crippen LogP contribution >= 0.6 is 0 Å². The summed E-state index contributed by atoms with van der Waals surface area (Å²) in [4.78, 5) is 20.6. The van der Waals surface area contributed by atoms with Gasteiger partial charge in [0.2, 0.25) is 5.88 Å². The van der Waals surface area contributed by atoms with Gasteiger partial charge in [-0.1, -0.05) is 0 Å². The van der Waals surface area contributed by atoms with Crippen LogP contribution in [-0.2, 0) is 25.5 Å². The van der Waals surface area contributed by atoms with Crippen molar-refractivity contribution in [1.29, 1.82) is 0 Å². The highest BCUT2D eigenvalue weighted by atomic mass is 16.6. The summed E-state index contributed by atoms with van der Waals surface area (Å²) in [5.41, 5.74) is 0.0381. The van der Waals surface area contributed by atoms with Gasteiger partial charge in [0, 0.05) is 20.3 Å². The number of nitrogens with zero attached hydrogens (tertiary/aromatic N) is 4. The van der Waals surface area contributed by atoms with Crippen molar-refractivity contribution in [3.63, 3.8) is 0 Å². The van der Waals surface area contributed by atoms with Crippen LogP contribution in [0.5, 0.6) is 23.1 Å². The Balaban J connectivity index is 1.81. The maximum Gasteiger partial charge on any atom is 0.328 e. The highest BCUT2D eigenvalue weighted by Gasteiger charge is 2.18. The van der Waals surface area contributed by atoms with Gasteiger partial charge in [-0.15, -0.1) is 0 Å². The number of carbonyl (C=O) groups is 1. The molecule has 2 heterocycles. The fourth-order valence-corrected chi connectivity index (χ4v) is 2.92. The predicted octanol–water partition coefficient (Wildman–Crippen LogP) is 3.01. The number of fused-ring (bicyclic) bond motifs is 1. The van der Waals surface area contributed by atoms with Crippen molar-refractivity contribution in [2.45, 2.75) is 32.9 Å². The van der Waals surface area contributed by atoms with Crippen LogP contribution in [0.3, 0.4) is 0 Å². The van der Waals surface area contributed by atoms with Crippen molar-refractivity contribution >= 4 is 16.9 Å². The average molecular weight is 475 g/mol. The van der Waals surface area contributed by atoms with Gasteiger partial charge in [0.05, 0.1) is 36.5 Å². The number of ether oxygens (including phenoxy) is 6. The van der Waals surface area contributed by atoms with Crippen LogP contribution in [0.4, 0.5) is 0 Å². The van der Waals surface area contributed by atoms with E-state index in [0.29, 0.717) is 60.5 Å². The quantitative estimate of drug-likeness (QED) is 0.286. The number of hydrogen-bond acceptors (Lipinski definition) is 10. The van der Waals surface area contributed by atoms with Gasteiger partial charge < -0.3 is 28.4 Å². The van der Waals surface area contributed by atoms with E-state index in [-0.39, 0.29) is 6.54 Å². The zero-order valence-corrected chi connectivity index (χ0v) is 20.1. The van der Waals surface area contributed by atoms with Crippen molar-refractivity contribution in [3.05, 3.63) is 30.9 Å². The van der Waals surface area contributed by atoms with E-state index in [1.165, 1.54) is 17.2 Å². The molecule has 0 aliphatic heterocycles. The number of rotatable bonds is 12. The van der Waals surface area contributed by atoms with Gasteiger partial charge in [-0.2, -0.15) is 5.10 Å². The minimum Gasteiger partial charge on any atom is -0.487 e. The van der Waals surface area contributed by atoms with Crippen molar-refractivity contribution < 1.29 is 33.2 Å². The second kappa shape index (κ2) is 11.6. The lowest BCUT2D eigenvalue weighted by Crippen LogP contribution is -2.26. The number of carbonyl (C=O) groups excluding carboxylic acids is 1. The Labute approximate surface area is 197 Å². The average Bonchev–Trinajstić information content (AvgIpc) is 3.19. The summed E-state index contributed by atoms with van der Waals surface area (Å²) < 4.78 is 34.5. The lowest BCUT2D eigenvalue weighted by atomic mass is 10.2. The topological polar surface area (TPSA) is 116 Å². The molecule has 3 rings (SSSR count). The van der Waals surface area contributed by atoms with E-state index in [1.54, 1.807) is 32.5 Å². The van der Waals surface area contributed by atoms with Gasteiger partial charge in [-0.3, -0.25) is 9.48 Å². The standard InChI is InChI=1S/C23H30N4O7/c1-23(2,3)34-21(28)14-27-13-16(12-26-27)33-22-17-10-19(31-8-6-29-4)20(32-9-7-30-5)11-18(17)24-15-25-22/h10-13,15H,6-9,14H2,1-5H3. The summed E-state index contributed by atoms with van der Waals surface area (Å²) in [5.74, 6) is 1.34. The number of hydrogen-bond donors (Lipinski definition) is 0. The summed E-state index contributed by atoms with van der Waals surface area (Å²) in [6, 6.07) is 3.52. The Morgan fingerprint density at radius 3 is 2.29 bits per heavy atom. The molecule has 0 spiro atoms. The molecule has 3 aromatic rings. The first-order valence-electron chi connectivity index (χ1n) is 10.7. The van der Waals surface area contributed by atoms with Crippen LogP contribution < -0.4 is 14.2 Å². The van der Waals surface area contributed by atoms with Gasteiger partial charge in [-0.25, -0.2) is 9.97 Å². The lowest BCUT2D eigenvalue weighted by molar-refractivity contribution is -0.155. The monoisotopic (exact) mass is 474 g/mol. The Bertz CT molecular complexity index is 1090. The third-order valence-electron chi connectivity index (χ3n) is 4.29. The van der Waals surface area contributed by atoms with Crippen LogP contribution in [-0.4, -0.2) is 72.0 Å². The molecule has 11 heteroatoms. The fourth-order valence-electron chi connectivity index (χ4n) is 2.92. The zero-order valence-electron chi connectivity index (χ0n) is 20.1. The highest BCUT2D eigenvalue weighted by Crippen LogP contribution is 2.36. The van der Waals surface area contributed by atoms with Crippen LogP contribution in [0, 0.1) is 0 Å². The molecule has 0 saturated heterocycles. The smallest absolute Gasteiger partial charge is 0.328 e. The SMILES string of the molecule is COCCOc1cc2ncnc(Oc3cnn(CC(=O)OC(C)(C)C)c3)c2cc1OCCOC. The Morgan fingerprint density at radius 2 is 1.65 bits per heavy atom. The molecule has 0 unspecified atom stereocenters. The number of aromatic nitrogens is 4. The van der Waals surface area contributed by atoms with Crippen molar-refractivity contribution in [2.75, 3.05) is 40.6 Å². The van der Waals surface area contributed by atoms with E-state index in [9.17, 15) is 4.79 Å². The fraction of sp³-hybridized carbons (Fsp3) is 0.478. The summed E-state index contributed by atoms with van der Waals surface area (Å²) in [6.45, 7) is 6.93. The summed E-state index contributed by atoms with van der Waals surface area (Å²) >= 11 is 0. The second-order valence-electron chi connectivity index (χ2n) is 8.24. The lowest BCUT2D eigenvalue weighted by Gasteiger charge is -2.19. The Morgan fingerprint density at radius 1 is 0.971 bits per heavy atom. The van der Waals surface area contributed by atoms with Gasteiger partial charge in [0.25, 0.3) is 0 Å². The van der Waals surface area contributed by atoms with Crippen LogP contribution in [0.1, 0.15) is 20.8 Å². The first kappa shape index (κ1) is 25.2. The molecule has 2 aromatic heterocycles. The van der Waals surface area contributed by atoms with E-state index >= 15 is 0 Å². The van der Waals surface area contributed by atoms with Gasteiger partial charge >= 0.3 is 5.97 Å². The molecule has 184 valence electrons. The summed E-state index contributed by atoms with van der Waals surface area (Å²) in [7, 11) is 3.20. The van der Waals surface area contributed by atoms with Gasteiger partial charge in [0.1, 0.15) is 31.7 Å². The van der Waals surface area contributed by atoms with E-state index in [2.05, 4.69) is 15.1 Å². The molecule has 0 atom stereocenters. The van der Waals surface area contributed by atoms with E-state index in [1.807, 2.05) is 20.8 Å². The molecular formula is C23H30N4O7. The first-order valence-corrected chi connectivity index (χ1v) is 10.7. The summed E-state index contributed by atoms with van der Waals surface area (Å²) in [6.07, 6.45) is 4.49. The van der Waals surface area contributed by atoms with Crippen molar-refractivity contribution in [1.82, 2.24) is 19.7 Å². The van der Waals surface area contributed by atoms with Crippen molar-refractivity contribution in [3.8, 4) is 23.1 Å². The molecule has 0 aliphatic rings. The van der Waals surface area contributed by atoms with Gasteiger partial charge in [-0.05, 0) is 26.8 Å². The van der Waals surface area contributed by atoms with E-state index < -0.39 is 11.6 Å². The van der Waals surface area contributed by atoms with Crippen LogP contribution in [0.25, 0.3) is 10.9 Å².